The topological polar surface area (TPSA) is 67.9 Å². The lowest BCUT2D eigenvalue weighted by Crippen LogP contribution is -2.50. The van der Waals surface area contributed by atoms with Crippen molar-refractivity contribution in [2.75, 3.05) is 13.7 Å². The van der Waals surface area contributed by atoms with Crippen LogP contribution in [-0.4, -0.2) is 42.5 Å². The molecule has 2 atom stereocenters. The molecule has 1 N–H and O–H groups in total. The minimum Gasteiger partial charge on any atom is -0.497 e. The smallest absolute Gasteiger partial charge is 0.261 e. The lowest BCUT2D eigenvalue weighted by atomic mass is 10.1. The molecule has 0 bridgehead atoms. The molecule has 0 unspecified atom stereocenters. The van der Waals surface area contributed by atoms with Gasteiger partial charge in [0.2, 0.25) is 5.91 Å². The van der Waals surface area contributed by atoms with Crippen molar-refractivity contribution in [3.8, 4) is 11.5 Å². The predicted octanol–water partition coefficient (Wildman–Crippen LogP) is 4.06. The van der Waals surface area contributed by atoms with Crippen LogP contribution in [0.25, 0.3) is 0 Å². The minimum absolute atomic E-state index is 0.0305. The van der Waals surface area contributed by atoms with Gasteiger partial charge < -0.3 is 19.7 Å². The number of rotatable bonds is 10. The number of ether oxygens (including phenoxy) is 2. The average Bonchev–Trinajstić information content (AvgIpc) is 2.76. The quantitative estimate of drug-likeness (QED) is 0.614. The first kappa shape index (κ1) is 23.5. The molecule has 0 aliphatic carbocycles. The third-order valence-electron chi connectivity index (χ3n) is 4.86. The zero-order valence-corrected chi connectivity index (χ0v) is 18.6. The van der Waals surface area contributed by atoms with Crippen LogP contribution in [-0.2, 0) is 16.1 Å². The molecule has 2 aromatic rings. The Morgan fingerprint density at radius 2 is 1.63 bits per heavy atom. The summed E-state index contributed by atoms with van der Waals surface area (Å²) in [6.07, 6.45) is 0.810. The van der Waals surface area contributed by atoms with E-state index in [0.29, 0.717) is 16.5 Å². The summed E-state index contributed by atoms with van der Waals surface area (Å²) in [5, 5.41) is 3.55. The molecule has 162 valence electrons. The minimum atomic E-state index is -0.651. The second kappa shape index (κ2) is 11.5. The van der Waals surface area contributed by atoms with Gasteiger partial charge in [0.15, 0.2) is 6.61 Å². The van der Waals surface area contributed by atoms with Gasteiger partial charge >= 0.3 is 0 Å². The van der Waals surface area contributed by atoms with Crippen molar-refractivity contribution in [3.05, 3.63) is 59.1 Å². The molecule has 0 radical (unpaired) electrons. The highest BCUT2D eigenvalue weighted by molar-refractivity contribution is 6.30. The van der Waals surface area contributed by atoms with E-state index in [9.17, 15) is 9.59 Å². The summed E-state index contributed by atoms with van der Waals surface area (Å²) in [5.41, 5.74) is 0.875. The van der Waals surface area contributed by atoms with E-state index in [2.05, 4.69) is 5.32 Å². The molecule has 0 heterocycles. The van der Waals surface area contributed by atoms with Crippen molar-refractivity contribution in [3.63, 3.8) is 0 Å². The molecular weight excluding hydrogens is 404 g/mol. The summed E-state index contributed by atoms with van der Waals surface area (Å²) in [6.45, 7) is 5.74. The summed E-state index contributed by atoms with van der Waals surface area (Å²) in [5.74, 6) is 0.768. The van der Waals surface area contributed by atoms with Crippen LogP contribution in [0, 0.1) is 0 Å². The van der Waals surface area contributed by atoms with Gasteiger partial charge in [0.25, 0.3) is 5.91 Å². The van der Waals surface area contributed by atoms with Crippen LogP contribution in [0.1, 0.15) is 32.8 Å². The van der Waals surface area contributed by atoms with Gasteiger partial charge in [0.1, 0.15) is 17.5 Å². The van der Waals surface area contributed by atoms with E-state index in [1.165, 1.54) is 4.90 Å². The molecule has 0 spiro atoms. The molecule has 0 aromatic heterocycles. The lowest BCUT2D eigenvalue weighted by molar-refractivity contribution is -0.142. The van der Waals surface area contributed by atoms with E-state index in [1.807, 2.05) is 26.0 Å². The molecule has 0 aliphatic rings. The fourth-order valence-electron chi connectivity index (χ4n) is 2.73. The zero-order chi connectivity index (χ0) is 22.1. The van der Waals surface area contributed by atoms with Crippen molar-refractivity contribution in [1.82, 2.24) is 10.2 Å². The SMILES string of the molecule is CC[C@@H](C)NC(=O)[C@@H](C)N(Cc1ccc(Cl)cc1)C(=O)COc1ccc(OC)cc1. The number of nitrogens with zero attached hydrogens (tertiary/aromatic N) is 1. The van der Waals surface area contributed by atoms with E-state index >= 15 is 0 Å². The Labute approximate surface area is 183 Å². The Balaban J connectivity index is 2.12. The molecule has 7 heteroatoms. The van der Waals surface area contributed by atoms with Gasteiger partial charge in [0.05, 0.1) is 7.11 Å². The van der Waals surface area contributed by atoms with E-state index in [-0.39, 0.29) is 31.0 Å². The summed E-state index contributed by atoms with van der Waals surface area (Å²) >= 11 is 5.96. The zero-order valence-electron chi connectivity index (χ0n) is 17.9. The summed E-state index contributed by atoms with van der Waals surface area (Å²) in [6, 6.07) is 13.6. The maximum atomic E-state index is 13.0. The summed E-state index contributed by atoms with van der Waals surface area (Å²) in [4.78, 5) is 27.2. The van der Waals surface area contributed by atoms with E-state index < -0.39 is 6.04 Å². The number of methoxy groups -OCH3 is 1. The van der Waals surface area contributed by atoms with Crippen molar-refractivity contribution in [2.24, 2.45) is 0 Å². The van der Waals surface area contributed by atoms with Crippen molar-refractivity contribution < 1.29 is 19.1 Å². The first-order valence-corrected chi connectivity index (χ1v) is 10.3. The second-order valence-electron chi connectivity index (χ2n) is 7.11. The van der Waals surface area contributed by atoms with Gasteiger partial charge in [-0.2, -0.15) is 0 Å². The predicted molar refractivity (Wildman–Crippen MR) is 118 cm³/mol. The number of carbonyl (C=O) groups is 2. The van der Waals surface area contributed by atoms with Crippen LogP contribution >= 0.6 is 11.6 Å². The normalized spacial score (nSPS) is 12.6. The average molecular weight is 433 g/mol. The van der Waals surface area contributed by atoms with Gasteiger partial charge in [0, 0.05) is 17.6 Å². The third kappa shape index (κ3) is 6.95. The Morgan fingerprint density at radius 1 is 1.03 bits per heavy atom. The molecule has 0 saturated heterocycles. The highest BCUT2D eigenvalue weighted by Crippen LogP contribution is 2.18. The molecule has 0 aliphatic heterocycles. The molecule has 6 nitrogen and oxygen atoms in total. The largest absolute Gasteiger partial charge is 0.497 e. The molecule has 2 aromatic carbocycles. The van der Waals surface area contributed by atoms with Crippen LogP contribution in [0.2, 0.25) is 5.02 Å². The van der Waals surface area contributed by atoms with E-state index in [0.717, 1.165) is 12.0 Å². The van der Waals surface area contributed by atoms with Gasteiger partial charge in [-0.1, -0.05) is 30.7 Å². The van der Waals surface area contributed by atoms with Crippen molar-refractivity contribution in [2.45, 2.75) is 45.8 Å². The molecule has 2 rings (SSSR count). The summed E-state index contributed by atoms with van der Waals surface area (Å²) in [7, 11) is 1.58. The number of hydrogen-bond donors (Lipinski definition) is 1. The molecule has 30 heavy (non-hydrogen) atoms. The fraction of sp³-hybridized carbons (Fsp3) is 0.391. The summed E-state index contributed by atoms with van der Waals surface area (Å²) < 4.78 is 10.8. The van der Waals surface area contributed by atoms with Gasteiger partial charge in [-0.3, -0.25) is 9.59 Å². The van der Waals surface area contributed by atoms with Gasteiger partial charge in [-0.25, -0.2) is 0 Å². The van der Waals surface area contributed by atoms with Crippen LogP contribution < -0.4 is 14.8 Å². The van der Waals surface area contributed by atoms with E-state index in [1.54, 1.807) is 50.4 Å². The van der Waals surface area contributed by atoms with Crippen LogP contribution in [0.4, 0.5) is 0 Å². The lowest BCUT2D eigenvalue weighted by Gasteiger charge is -2.29. The number of hydrogen-bond acceptors (Lipinski definition) is 4. The van der Waals surface area contributed by atoms with Crippen LogP contribution in [0.3, 0.4) is 0 Å². The Hall–Kier alpha value is -2.73. The van der Waals surface area contributed by atoms with Gasteiger partial charge in [-0.15, -0.1) is 0 Å². The number of benzene rings is 2. The maximum absolute atomic E-state index is 13.0. The fourth-order valence-corrected chi connectivity index (χ4v) is 2.86. The second-order valence-corrected chi connectivity index (χ2v) is 7.54. The highest BCUT2D eigenvalue weighted by Gasteiger charge is 2.27. The first-order chi connectivity index (χ1) is 14.3. The van der Waals surface area contributed by atoms with Crippen molar-refractivity contribution in [1.29, 1.82) is 0 Å². The number of amides is 2. The Morgan fingerprint density at radius 3 is 2.20 bits per heavy atom. The third-order valence-corrected chi connectivity index (χ3v) is 5.11. The standard InChI is InChI=1S/C23H29ClN2O4/c1-5-16(2)25-23(28)17(3)26(14-18-6-8-19(24)9-7-18)22(27)15-30-21-12-10-20(29-4)11-13-21/h6-13,16-17H,5,14-15H2,1-4H3,(H,25,28)/t16-,17-/m1/s1. The Kier molecular flexibility index (Phi) is 8.99. The monoisotopic (exact) mass is 432 g/mol. The number of nitrogens with one attached hydrogen (secondary N) is 1. The highest BCUT2D eigenvalue weighted by atomic mass is 35.5. The first-order valence-electron chi connectivity index (χ1n) is 9.95. The molecular formula is C23H29ClN2O4. The van der Waals surface area contributed by atoms with E-state index in [4.69, 9.17) is 21.1 Å². The number of halogens is 1. The number of carbonyl (C=O) groups excluding carboxylic acids is 2. The van der Waals surface area contributed by atoms with Crippen LogP contribution in [0.15, 0.2) is 48.5 Å². The van der Waals surface area contributed by atoms with Crippen molar-refractivity contribution >= 4 is 23.4 Å². The van der Waals surface area contributed by atoms with Gasteiger partial charge in [-0.05, 0) is 62.2 Å². The maximum Gasteiger partial charge on any atom is 0.261 e. The molecule has 2 amide bonds. The van der Waals surface area contributed by atoms with Crippen LogP contribution in [0.5, 0.6) is 11.5 Å². The Bertz CT molecular complexity index is 824. The molecule has 0 fully saturated rings. The molecule has 0 saturated carbocycles.